The first-order valence-electron chi connectivity index (χ1n) is 9.09. The second-order valence-corrected chi connectivity index (χ2v) is 7.27. The number of hydrogen-bond donors (Lipinski definition) is 1. The molecule has 1 saturated heterocycles. The van der Waals surface area contributed by atoms with E-state index in [1.807, 2.05) is 20.8 Å². The second kappa shape index (κ2) is 10.0. The highest BCUT2D eigenvalue weighted by Gasteiger charge is 2.50. The molecule has 2 aliphatic rings. The maximum Gasteiger partial charge on any atom is 0.410 e. The summed E-state index contributed by atoms with van der Waals surface area (Å²) in [6, 6.07) is -0.187. The summed E-state index contributed by atoms with van der Waals surface area (Å²) in [5.41, 5.74) is -0.568. The van der Waals surface area contributed by atoms with Crippen molar-refractivity contribution in [3.05, 3.63) is 0 Å². The molecule has 1 aliphatic carbocycles. The number of hydrogen-bond acceptors (Lipinski definition) is 4. The molecule has 1 saturated carbocycles. The number of piperazine rings is 1. The van der Waals surface area contributed by atoms with E-state index in [9.17, 15) is 18.4 Å². The molecule has 0 spiro atoms. The van der Waals surface area contributed by atoms with E-state index in [1.165, 1.54) is 0 Å². The van der Waals surface area contributed by atoms with Gasteiger partial charge in [0.2, 0.25) is 11.8 Å². The fraction of sp³-hybridized carbons (Fsp3) is 0.889. The third kappa shape index (κ3) is 7.05. The summed E-state index contributed by atoms with van der Waals surface area (Å²) in [7, 11) is 1.00. The summed E-state index contributed by atoms with van der Waals surface area (Å²) in [6.45, 7) is 12.3. The lowest BCUT2D eigenvalue weighted by Crippen LogP contribution is -2.58. The van der Waals surface area contributed by atoms with Gasteiger partial charge >= 0.3 is 6.09 Å². The van der Waals surface area contributed by atoms with Gasteiger partial charge in [-0.15, -0.1) is 0 Å². The fourth-order valence-electron chi connectivity index (χ4n) is 2.84. The van der Waals surface area contributed by atoms with Gasteiger partial charge in [0, 0.05) is 51.5 Å². The van der Waals surface area contributed by atoms with Crippen molar-refractivity contribution in [3.63, 3.8) is 0 Å². The topological polar surface area (TPSA) is 70.1 Å². The first-order chi connectivity index (χ1) is 12.0. The lowest BCUT2D eigenvalue weighted by atomic mass is 9.80. The fourth-order valence-corrected chi connectivity index (χ4v) is 2.84. The molecule has 1 N–H and O–H groups in total. The molecule has 2 rings (SSSR count). The normalized spacial score (nSPS) is 22.2. The van der Waals surface area contributed by atoms with E-state index < -0.39 is 23.5 Å². The molecular weight excluding hydrogens is 346 g/mol. The van der Waals surface area contributed by atoms with Gasteiger partial charge in [0.15, 0.2) is 0 Å². The van der Waals surface area contributed by atoms with E-state index in [-0.39, 0.29) is 24.8 Å². The standard InChI is InChI=1S/C15H24F2N2O3.C2H6.CH4O/c1-10-9-18(12(20)11-7-15(16,17)8-11)5-6-19(10)13(21)22-14(2,3)4;2*1-2/h10-11H,5-9H2,1-4H3;1-2H3;2H,1H3. The van der Waals surface area contributed by atoms with Crippen molar-refractivity contribution < 1.29 is 28.2 Å². The van der Waals surface area contributed by atoms with Gasteiger partial charge in [-0.1, -0.05) is 13.8 Å². The van der Waals surface area contributed by atoms with Gasteiger partial charge in [-0.2, -0.15) is 0 Å². The van der Waals surface area contributed by atoms with E-state index >= 15 is 0 Å². The van der Waals surface area contributed by atoms with Crippen molar-refractivity contribution >= 4 is 12.0 Å². The zero-order valence-corrected chi connectivity index (χ0v) is 17.0. The van der Waals surface area contributed by atoms with E-state index in [1.54, 1.807) is 30.6 Å². The number of amides is 2. The van der Waals surface area contributed by atoms with Crippen molar-refractivity contribution in [1.82, 2.24) is 9.80 Å². The van der Waals surface area contributed by atoms with Crippen molar-refractivity contribution in [2.24, 2.45) is 5.92 Å². The van der Waals surface area contributed by atoms with Gasteiger partial charge in [0.1, 0.15) is 5.60 Å². The predicted molar refractivity (Wildman–Crippen MR) is 96.1 cm³/mol. The van der Waals surface area contributed by atoms with Crippen LogP contribution in [0.4, 0.5) is 13.6 Å². The molecule has 2 fully saturated rings. The maximum absolute atomic E-state index is 12.9. The average molecular weight is 380 g/mol. The van der Waals surface area contributed by atoms with Crippen molar-refractivity contribution in [2.75, 3.05) is 26.7 Å². The molecule has 6 nitrogen and oxygen atoms in total. The largest absolute Gasteiger partial charge is 0.444 e. The maximum atomic E-state index is 12.9. The molecule has 8 heteroatoms. The van der Waals surface area contributed by atoms with Gasteiger partial charge in [-0.25, -0.2) is 13.6 Å². The smallest absolute Gasteiger partial charge is 0.410 e. The van der Waals surface area contributed by atoms with Crippen LogP contribution in [-0.2, 0) is 9.53 Å². The Morgan fingerprint density at radius 1 is 1.12 bits per heavy atom. The highest BCUT2D eigenvalue weighted by molar-refractivity contribution is 5.80. The molecule has 0 bridgehead atoms. The highest BCUT2D eigenvalue weighted by atomic mass is 19.3. The highest BCUT2D eigenvalue weighted by Crippen LogP contribution is 2.43. The van der Waals surface area contributed by atoms with Gasteiger partial charge < -0.3 is 19.6 Å². The summed E-state index contributed by atoms with van der Waals surface area (Å²) < 4.78 is 31.1. The average Bonchev–Trinajstić information content (AvgIpc) is 2.53. The Bertz CT molecular complexity index is 459. The van der Waals surface area contributed by atoms with Gasteiger partial charge in [0.05, 0.1) is 0 Å². The van der Waals surface area contributed by atoms with E-state index in [4.69, 9.17) is 9.84 Å². The first kappa shape index (κ1) is 24.6. The monoisotopic (exact) mass is 380 g/mol. The number of carbonyl (C=O) groups excluding carboxylic acids is 2. The van der Waals surface area contributed by atoms with E-state index in [0.717, 1.165) is 7.11 Å². The molecule has 26 heavy (non-hydrogen) atoms. The summed E-state index contributed by atoms with van der Waals surface area (Å²) >= 11 is 0. The molecule has 1 unspecified atom stereocenters. The minimum Gasteiger partial charge on any atom is -0.444 e. The number of aliphatic hydroxyl groups excluding tert-OH is 1. The molecule has 0 radical (unpaired) electrons. The number of nitrogens with zero attached hydrogens (tertiary/aromatic N) is 2. The third-order valence-electron chi connectivity index (χ3n) is 4.01. The predicted octanol–water partition coefficient (Wildman–Crippen LogP) is 3.13. The molecule has 1 atom stereocenters. The van der Waals surface area contributed by atoms with Crippen LogP contribution < -0.4 is 0 Å². The van der Waals surface area contributed by atoms with Gasteiger partial charge in [-0.05, 0) is 27.7 Å². The Labute approximate surface area is 155 Å². The van der Waals surface area contributed by atoms with Crippen LogP contribution in [0.2, 0.25) is 0 Å². The van der Waals surface area contributed by atoms with Crippen LogP contribution in [0.25, 0.3) is 0 Å². The lowest BCUT2D eigenvalue weighted by molar-refractivity contribution is -0.162. The van der Waals surface area contributed by atoms with Crippen LogP contribution in [0.3, 0.4) is 0 Å². The Balaban J connectivity index is 0.00000146. The Morgan fingerprint density at radius 3 is 2.00 bits per heavy atom. The number of rotatable bonds is 1. The van der Waals surface area contributed by atoms with Crippen LogP contribution in [-0.4, -0.2) is 71.2 Å². The van der Waals surface area contributed by atoms with Crippen molar-refractivity contribution in [1.29, 1.82) is 0 Å². The third-order valence-corrected chi connectivity index (χ3v) is 4.01. The first-order valence-corrected chi connectivity index (χ1v) is 9.09. The molecule has 0 aromatic rings. The summed E-state index contributed by atoms with van der Waals surface area (Å²) in [5, 5.41) is 7.00. The summed E-state index contributed by atoms with van der Waals surface area (Å²) in [5.74, 6) is -3.48. The Hall–Kier alpha value is -1.44. The Morgan fingerprint density at radius 2 is 1.62 bits per heavy atom. The lowest BCUT2D eigenvalue weighted by Gasteiger charge is -2.43. The number of aliphatic hydroxyl groups is 1. The molecule has 1 heterocycles. The Kier molecular flexibility index (Phi) is 9.48. The second-order valence-electron chi connectivity index (χ2n) is 7.27. The number of alkyl halides is 2. The van der Waals surface area contributed by atoms with E-state index in [2.05, 4.69) is 0 Å². The number of ether oxygens (including phenoxy) is 1. The molecule has 0 aromatic heterocycles. The number of carbonyl (C=O) groups is 2. The van der Waals surface area contributed by atoms with Crippen LogP contribution >= 0.6 is 0 Å². The van der Waals surface area contributed by atoms with Gasteiger partial charge in [0.25, 0.3) is 0 Å². The summed E-state index contributed by atoms with van der Waals surface area (Å²) in [4.78, 5) is 27.4. The minimum absolute atomic E-state index is 0.187. The van der Waals surface area contributed by atoms with Crippen molar-refractivity contribution in [3.8, 4) is 0 Å². The van der Waals surface area contributed by atoms with Crippen LogP contribution in [0.5, 0.6) is 0 Å². The molecule has 154 valence electrons. The number of halogens is 2. The van der Waals surface area contributed by atoms with Crippen LogP contribution in [0.15, 0.2) is 0 Å². The molecule has 1 aliphatic heterocycles. The van der Waals surface area contributed by atoms with Crippen molar-refractivity contribution in [2.45, 2.75) is 71.9 Å². The SMILES string of the molecule is CC.CC1CN(C(=O)C2CC(F)(F)C2)CCN1C(=O)OC(C)(C)C.CO. The van der Waals surface area contributed by atoms with Crippen LogP contribution in [0.1, 0.15) is 54.4 Å². The summed E-state index contributed by atoms with van der Waals surface area (Å²) in [6.07, 6.45) is -1.11. The van der Waals surface area contributed by atoms with E-state index in [0.29, 0.717) is 19.6 Å². The quantitative estimate of drug-likeness (QED) is 0.759. The molecule has 0 aromatic carbocycles. The zero-order chi connectivity index (χ0) is 20.7. The van der Waals surface area contributed by atoms with Gasteiger partial charge in [-0.3, -0.25) is 4.79 Å². The molecular formula is C18H34F2N2O4. The minimum atomic E-state index is -2.69. The molecule has 2 amide bonds. The zero-order valence-electron chi connectivity index (χ0n) is 17.0. The van der Waals surface area contributed by atoms with Crippen LogP contribution in [0, 0.1) is 5.92 Å².